The molecular weight excluding hydrogens is 366 g/mol. The topological polar surface area (TPSA) is 77.2 Å². The minimum Gasteiger partial charge on any atom is -0.505 e. The summed E-state index contributed by atoms with van der Waals surface area (Å²) in [5.74, 6) is -0.249. The molecule has 0 spiro atoms. The molecule has 140 valence electrons. The van der Waals surface area contributed by atoms with Crippen molar-refractivity contribution in [3.8, 4) is 17.2 Å². The molecule has 0 unspecified atom stereocenters. The summed E-state index contributed by atoms with van der Waals surface area (Å²) in [5.41, 5.74) is 1.99. The van der Waals surface area contributed by atoms with Gasteiger partial charge in [0.1, 0.15) is 28.2 Å². The number of hydrogen-bond acceptors (Lipinski definition) is 5. The van der Waals surface area contributed by atoms with Crippen molar-refractivity contribution in [3.63, 3.8) is 0 Å². The summed E-state index contributed by atoms with van der Waals surface area (Å²) in [5, 5.41) is 20.2. The Morgan fingerprint density at radius 1 is 1.19 bits per heavy atom. The van der Waals surface area contributed by atoms with Crippen molar-refractivity contribution in [3.05, 3.63) is 53.1 Å². The van der Waals surface area contributed by atoms with Crippen LogP contribution >= 0.6 is 11.6 Å². The van der Waals surface area contributed by atoms with Gasteiger partial charge in [-0.05, 0) is 36.6 Å². The van der Waals surface area contributed by atoms with E-state index in [1.165, 1.54) is 10.9 Å². The quantitative estimate of drug-likeness (QED) is 0.406. The van der Waals surface area contributed by atoms with Gasteiger partial charge in [-0.15, -0.1) is 15.0 Å². The molecule has 0 aliphatic carbocycles. The fraction of sp³-hybridized carbons (Fsp3) is 0.250. The van der Waals surface area contributed by atoms with Crippen molar-refractivity contribution in [2.75, 3.05) is 0 Å². The summed E-state index contributed by atoms with van der Waals surface area (Å²) in [7, 11) is 0. The molecule has 2 aromatic carbocycles. The molecule has 0 atom stereocenters. The maximum absolute atomic E-state index is 11.9. The van der Waals surface area contributed by atoms with Gasteiger partial charge < -0.3 is 9.84 Å². The van der Waals surface area contributed by atoms with Crippen LogP contribution in [0.2, 0.25) is 5.02 Å². The normalized spacial score (nSPS) is 11.6. The number of halogens is 1. The highest BCUT2D eigenvalue weighted by Crippen LogP contribution is 2.38. The van der Waals surface area contributed by atoms with Crippen molar-refractivity contribution in [1.29, 1.82) is 0 Å². The first-order valence-corrected chi connectivity index (χ1v) is 8.72. The van der Waals surface area contributed by atoms with Gasteiger partial charge in [-0.25, -0.2) is 4.79 Å². The third-order valence-electron chi connectivity index (χ3n) is 3.99. The highest BCUT2D eigenvalue weighted by Gasteiger charge is 2.24. The number of carbonyl (C=O) groups excluding carboxylic acids is 1. The van der Waals surface area contributed by atoms with E-state index in [4.69, 9.17) is 16.3 Å². The lowest BCUT2D eigenvalue weighted by Crippen LogP contribution is -2.15. The Bertz CT molecular complexity index is 1060. The van der Waals surface area contributed by atoms with Crippen LogP contribution in [-0.4, -0.2) is 26.1 Å². The van der Waals surface area contributed by atoms with E-state index in [0.717, 1.165) is 0 Å². The third kappa shape index (κ3) is 3.80. The maximum Gasteiger partial charge on any atom is 0.338 e. The van der Waals surface area contributed by atoms with Crippen molar-refractivity contribution < 1.29 is 14.6 Å². The summed E-state index contributed by atoms with van der Waals surface area (Å²) in [6, 6.07) is 8.31. The molecule has 0 fully saturated rings. The van der Waals surface area contributed by atoms with Crippen LogP contribution in [0.4, 0.5) is 0 Å². The summed E-state index contributed by atoms with van der Waals surface area (Å²) < 4.78 is 5.38. The van der Waals surface area contributed by atoms with Gasteiger partial charge in [-0.1, -0.05) is 39.0 Å². The van der Waals surface area contributed by atoms with E-state index in [1.807, 2.05) is 20.8 Å². The Labute approximate surface area is 162 Å². The fourth-order valence-electron chi connectivity index (χ4n) is 2.57. The first-order chi connectivity index (χ1) is 12.6. The number of ether oxygens (including phenoxy) is 1. The summed E-state index contributed by atoms with van der Waals surface area (Å²) in [4.78, 5) is 13.3. The number of aromatic hydroxyl groups is 1. The van der Waals surface area contributed by atoms with Gasteiger partial charge in [0.2, 0.25) is 0 Å². The zero-order valence-corrected chi connectivity index (χ0v) is 16.3. The highest BCUT2D eigenvalue weighted by molar-refractivity contribution is 6.31. The van der Waals surface area contributed by atoms with Crippen LogP contribution < -0.4 is 4.74 Å². The van der Waals surface area contributed by atoms with E-state index in [2.05, 4.69) is 16.8 Å². The van der Waals surface area contributed by atoms with Crippen LogP contribution in [-0.2, 0) is 10.2 Å². The van der Waals surface area contributed by atoms with Crippen molar-refractivity contribution in [2.24, 2.45) is 0 Å². The Morgan fingerprint density at radius 3 is 2.48 bits per heavy atom. The Balaban J connectivity index is 2.19. The highest BCUT2D eigenvalue weighted by atomic mass is 35.5. The van der Waals surface area contributed by atoms with E-state index in [9.17, 15) is 9.90 Å². The smallest absolute Gasteiger partial charge is 0.338 e. The number of benzene rings is 2. The number of nitrogens with zero attached hydrogens (tertiary/aromatic N) is 3. The number of rotatable bonds is 3. The monoisotopic (exact) mass is 385 g/mol. The van der Waals surface area contributed by atoms with Gasteiger partial charge in [0.05, 0.1) is 0 Å². The van der Waals surface area contributed by atoms with Crippen LogP contribution in [0.25, 0.3) is 16.7 Å². The first-order valence-electron chi connectivity index (χ1n) is 8.34. The summed E-state index contributed by atoms with van der Waals surface area (Å²) in [6.07, 6.45) is 0. The van der Waals surface area contributed by atoms with Gasteiger partial charge in [0.15, 0.2) is 0 Å². The predicted molar refractivity (Wildman–Crippen MR) is 105 cm³/mol. The van der Waals surface area contributed by atoms with E-state index >= 15 is 0 Å². The van der Waals surface area contributed by atoms with E-state index in [0.29, 0.717) is 27.3 Å². The fourth-order valence-corrected chi connectivity index (χ4v) is 2.73. The molecule has 0 radical (unpaired) electrons. The Morgan fingerprint density at radius 2 is 1.85 bits per heavy atom. The molecule has 0 saturated carbocycles. The second kappa shape index (κ2) is 6.70. The van der Waals surface area contributed by atoms with Crippen LogP contribution in [0.3, 0.4) is 0 Å². The van der Waals surface area contributed by atoms with Crippen molar-refractivity contribution >= 4 is 28.6 Å². The van der Waals surface area contributed by atoms with Crippen molar-refractivity contribution in [2.45, 2.75) is 33.1 Å². The maximum atomic E-state index is 11.9. The second-order valence-electron chi connectivity index (χ2n) is 7.38. The Kier molecular flexibility index (Phi) is 4.70. The lowest BCUT2D eigenvalue weighted by atomic mass is 9.86. The van der Waals surface area contributed by atoms with E-state index < -0.39 is 11.4 Å². The van der Waals surface area contributed by atoms with Crippen LogP contribution in [0.5, 0.6) is 11.5 Å². The zero-order chi connectivity index (χ0) is 19.9. The van der Waals surface area contributed by atoms with Gasteiger partial charge in [-0.2, -0.15) is 0 Å². The summed E-state index contributed by atoms with van der Waals surface area (Å²) >= 11 is 6.01. The van der Waals surface area contributed by atoms with Gasteiger partial charge in [0, 0.05) is 22.2 Å². The molecule has 0 bridgehead atoms. The SMILES string of the molecule is C=C(C)C(=O)Oc1cc(-n2nc3ccc(Cl)cc3n2)c(O)c(C(C)(C)C)c1. The molecule has 0 amide bonds. The average molecular weight is 386 g/mol. The van der Waals surface area contributed by atoms with E-state index in [1.54, 1.807) is 31.2 Å². The number of fused-ring (bicyclic) bond motifs is 1. The minimum absolute atomic E-state index is 0.0176. The van der Waals surface area contributed by atoms with Crippen molar-refractivity contribution in [1.82, 2.24) is 15.0 Å². The number of carbonyl (C=O) groups is 1. The zero-order valence-electron chi connectivity index (χ0n) is 15.6. The minimum atomic E-state index is -0.545. The molecule has 0 aliphatic heterocycles. The largest absolute Gasteiger partial charge is 0.505 e. The van der Waals surface area contributed by atoms with Gasteiger partial charge in [0.25, 0.3) is 0 Å². The van der Waals surface area contributed by atoms with Crippen LogP contribution in [0, 0.1) is 0 Å². The molecule has 3 aromatic rings. The molecule has 1 N–H and O–H groups in total. The third-order valence-corrected chi connectivity index (χ3v) is 4.22. The van der Waals surface area contributed by atoms with Crippen LogP contribution in [0.1, 0.15) is 33.3 Å². The standard InChI is InChI=1S/C20H20ClN3O3/c1-11(2)19(26)27-13-9-14(20(3,4)5)18(25)17(10-13)24-22-15-7-6-12(21)8-16(15)23-24/h6-10,25H,1H2,2-5H3. The summed E-state index contributed by atoms with van der Waals surface area (Å²) in [6.45, 7) is 11.0. The van der Waals surface area contributed by atoms with E-state index in [-0.39, 0.29) is 17.1 Å². The molecular formula is C20H20ClN3O3. The molecule has 6 nitrogen and oxygen atoms in total. The molecule has 1 heterocycles. The lowest BCUT2D eigenvalue weighted by Gasteiger charge is -2.22. The number of esters is 1. The molecule has 0 aliphatic rings. The van der Waals surface area contributed by atoms with Gasteiger partial charge >= 0.3 is 5.97 Å². The Hall–Kier alpha value is -2.86. The van der Waals surface area contributed by atoms with Crippen LogP contribution in [0.15, 0.2) is 42.5 Å². The second-order valence-corrected chi connectivity index (χ2v) is 7.82. The molecule has 0 saturated heterocycles. The number of aromatic nitrogens is 3. The molecule has 7 heteroatoms. The number of hydrogen-bond donors (Lipinski definition) is 1. The lowest BCUT2D eigenvalue weighted by molar-refractivity contribution is -0.130. The first kappa shape index (κ1) is 18.9. The van der Waals surface area contributed by atoms with Gasteiger partial charge in [-0.3, -0.25) is 0 Å². The number of phenolic OH excluding ortho intramolecular Hbond substituents is 1. The molecule has 27 heavy (non-hydrogen) atoms. The molecule has 3 rings (SSSR count). The molecule has 1 aromatic heterocycles. The number of phenols is 1. The average Bonchev–Trinajstić information content (AvgIpc) is 2.97. The predicted octanol–water partition coefficient (Wildman–Crippen LogP) is 4.56.